The van der Waals surface area contributed by atoms with Crippen LogP contribution in [0.4, 0.5) is 0 Å². The molecule has 1 saturated heterocycles. The normalized spacial score (nSPS) is 16.5. The van der Waals surface area contributed by atoms with Crippen LogP contribution in [0.15, 0.2) is 24.3 Å². The number of aromatic nitrogens is 1. The van der Waals surface area contributed by atoms with Crippen LogP contribution in [0.25, 0.3) is 0 Å². The topological polar surface area (TPSA) is 77.8 Å². The van der Waals surface area contributed by atoms with Crippen molar-refractivity contribution in [3.05, 3.63) is 51.8 Å². The van der Waals surface area contributed by atoms with E-state index in [1.165, 1.54) is 18.2 Å². The lowest BCUT2D eigenvalue weighted by Gasteiger charge is -2.14. The summed E-state index contributed by atoms with van der Waals surface area (Å²) in [7, 11) is 0. The highest BCUT2D eigenvalue weighted by atomic mass is 35.5. The van der Waals surface area contributed by atoms with Crippen LogP contribution in [0.2, 0.25) is 5.02 Å². The van der Waals surface area contributed by atoms with Crippen LogP contribution in [0, 0.1) is 13.8 Å². The SMILES string of the molecule is Cc1cc(C(=O)COC(=O)c2ccc(Cl)cc2O)c(C)n1C[C@H]1CCCO1. The first-order valence-corrected chi connectivity index (χ1v) is 9.21. The fourth-order valence-corrected chi connectivity index (χ4v) is 3.49. The van der Waals surface area contributed by atoms with Crippen molar-refractivity contribution in [2.45, 2.75) is 39.3 Å². The number of ether oxygens (including phenoxy) is 2. The molecule has 2 heterocycles. The molecule has 0 saturated carbocycles. The van der Waals surface area contributed by atoms with E-state index in [1.807, 2.05) is 13.8 Å². The number of phenols is 1. The number of rotatable bonds is 6. The van der Waals surface area contributed by atoms with E-state index in [-0.39, 0.29) is 23.2 Å². The highest BCUT2D eigenvalue weighted by molar-refractivity contribution is 6.30. The highest BCUT2D eigenvalue weighted by Crippen LogP contribution is 2.23. The van der Waals surface area contributed by atoms with E-state index in [2.05, 4.69) is 4.57 Å². The fraction of sp³-hybridized carbons (Fsp3) is 0.400. The Morgan fingerprint density at radius 3 is 2.74 bits per heavy atom. The Morgan fingerprint density at radius 1 is 1.30 bits per heavy atom. The van der Waals surface area contributed by atoms with Crippen LogP contribution >= 0.6 is 11.6 Å². The molecule has 1 aromatic carbocycles. The van der Waals surface area contributed by atoms with Gasteiger partial charge in [0.1, 0.15) is 11.3 Å². The lowest BCUT2D eigenvalue weighted by Crippen LogP contribution is -2.18. The fourth-order valence-electron chi connectivity index (χ4n) is 3.32. The molecule has 0 bridgehead atoms. The third-order valence-electron chi connectivity index (χ3n) is 4.80. The number of aryl methyl sites for hydroxylation is 1. The van der Waals surface area contributed by atoms with E-state index >= 15 is 0 Å². The zero-order chi connectivity index (χ0) is 19.6. The molecule has 2 aromatic rings. The van der Waals surface area contributed by atoms with Gasteiger partial charge in [-0.15, -0.1) is 0 Å². The average Bonchev–Trinajstić information content (AvgIpc) is 3.23. The first-order valence-electron chi connectivity index (χ1n) is 8.84. The van der Waals surface area contributed by atoms with E-state index in [0.29, 0.717) is 17.1 Å². The quantitative estimate of drug-likeness (QED) is 0.600. The number of aromatic hydroxyl groups is 1. The van der Waals surface area contributed by atoms with Crippen molar-refractivity contribution in [2.24, 2.45) is 0 Å². The molecule has 3 rings (SSSR count). The molecule has 0 spiro atoms. The minimum absolute atomic E-state index is 0.0314. The number of esters is 1. The maximum atomic E-state index is 12.5. The molecule has 1 fully saturated rings. The molecule has 6 nitrogen and oxygen atoms in total. The van der Waals surface area contributed by atoms with Crippen molar-refractivity contribution in [1.29, 1.82) is 0 Å². The van der Waals surface area contributed by atoms with Crippen molar-refractivity contribution in [3.8, 4) is 5.75 Å². The first kappa shape index (κ1) is 19.5. The number of carbonyl (C=O) groups excluding carboxylic acids is 2. The van der Waals surface area contributed by atoms with Gasteiger partial charge in [-0.1, -0.05) is 11.6 Å². The third-order valence-corrected chi connectivity index (χ3v) is 5.03. The summed E-state index contributed by atoms with van der Waals surface area (Å²) in [5.41, 5.74) is 2.29. The number of halogens is 1. The Hall–Kier alpha value is -2.31. The van der Waals surface area contributed by atoms with Crippen LogP contribution in [-0.2, 0) is 16.0 Å². The summed E-state index contributed by atoms with van der Waals surface area (Å²) in [6, 6.07) is 5.88. The Bertz CT molecular complexity index is 867. The molecule has 7 heteroatoms. The molecule has 0 unspecified atom stereocenters. The summed E-state index contributed by atoms with van der Waals surface area (Å²) in [6.07, 6.45) is 2.25. The Morgan fingerprint density at radius 2 is 2.07 bits per heavy atom. The molecule has 1 N–H and O–H groups in total. The number of nitrogens with zero attached hydrogens (tertiary/aromatic N) is 1. The Balaban J connectivity index is 1.66. The molecule has 1 aliphatic heterocycles. The number of ketones is 1. The standard InChI is InChI=1S/C20H22ClNO5/c1-12-8-17(13(2)22(12)10-15-4-3-7-26-15)19(24)11-27-20(25)16-6-5-14(21)9-18(16)23/h5-6,8-9,15,23H,3-4,7,10-11H2,1-2H3/t15-/m1/s1. The third kappa shape index (κ3) is 4.34. The zero-order valence-electron chi connectivity index (χ0n) is 15.3. The zero-order valence-corrected chi connectivity index (χ0v) is 16.1. The first-order chi connectivity index (χ1) is 12.9. The molecular formula is C20H22ClNO5. The van der Waals surface area contributed by atoms with Gasteiger partial charge in [0.2, 0.25) is 5.78 Å². The van der Waals surface area contributed by atoms with Gasteiger partial charge in [0.05, 0.1) is 6.10 Å². The lowest BCUT2D eigenvalue weighted by atomic mass is 10.1. The minimum atomic E-state index is -0.773. The number of hydrogen-bond acceptors (Lipinski definition) is 5. The molecule has 27 heavy (non-hydrogen) atoms. The number of carbonyl (C=O) groups is 2. The molecule has 0 aliphatic carbocycles. The van der Waals surface area contributed by atoms with Gasteiger partial charge in [-0.25, -0.2) is 4.79 Å². The van der Waals surface area contributed by atoms with Crippen molar-refractivity contribution < 1.29 is 24.2 Å². The van der Waals surface area contributed by atoms with Crippen LogP contribution < -0.4 is 0 Å². The molecule has 0 radical (unpaired) electrons. The van der Waals surface area contributed by atoms with Crippen molar-refractivity contribution in [3.63, 3.8) is 0 Å². The number of benzene rings is 1. The van der Waals surface area contributed by atoms with Gasteiger partial charge < -0.3 is 19.1 Å². The summed E-state index contributed by atoms with van der Waals surface area (Å²) in [4.78, 5) is 24.6. The summed E-state index contributed by atoms with van der Waals surface area (Å²) in [5.74, 6) is -1.34. The Kier molecular flexibility index (Phi) is 5.87. The lowest BCUT2D eigenvalue weighted by molar-refractivity contribution is 0.0471. The maximum absolute atomic E-state index is 12.5. The Labute approximate surface area is 162 Å². The van der Waals surface area contributed by atoms with Gasteiger partial charge in [0, 0.05) is 35.1 Å². The molecule has 0 amide bonds. The van der Waals surface area contributed by atoms with E-state index < -0.39 is 12.6 Å². The van der Waals surface area contributed by atoms with Gasteiger partial charge in [-0.05, 0) is 51.0 Å². The monoisotopic (exact) mass is 391 g/mol. The summed E-state index contributed by atoms with van der Waals surface area (Å²) >= 11 is 5.75. The van der Waals surface area contributed by atoms with Crippen molar-refractivity contribution in [1.82, 2.24) is 4.57 Å². The van der Waals surface area contributed by atoms with Gasteiger partial charge in [0.15, 0.2) is 6.61 Å². The summed E-state index contributed by atoms with van der Waals surface area (Å²) in [6.45, 7) is 4.91. The predicted octanol–water partition coefficient (Wildman–Crippen LogP) is 3.68. The molecule has 1 aliphatic rings. The average molecular weight is 392 g/mol. The van der Waals surface area contributed by atoms with Crippen LogP contribution in [0.3, 0.4) is 0 Å². The predicted molar refractivity (Wildman–Crippen MR) is 101 cm³/mol. The van der Waals surface area contributed by atoms with Gasteiger partial charge in [-0.2, -0.15) is 0 Å². The highest BCUT2D eigenvalue weighted by Gasteiger charge is 2.22. The maximum Gasteiger partial charge on any atom is 0.342 e. The van der Waals surface area contributed by atoms with Crippen LogP contribution in [-0.4, -0.2) is 40.7 Å². The van der Waals surface area contributed by atoms with Crippen LogP contribution in [0.1, 0.15) is 44.9 Å². The second-order valence-electron chi connectivity index (χ2n) is 6.69. The molecule has 1 atom stereocenters. The van der Waals surface area contributed by atoms with E-state index in [4.69, 9.17) is 21.1 Å². The second-order valence-corrected chi connectivity index (χ2v) is 7.13. The number of hydrogen-bond donors (Lipinski definition) is 1. The van der Waals surface area contributed by atoms with E-state index in [0.717, 1.165) is 30.8 Å². The van der Waals surface area contributed by atoms with Gasteiger partial charge in [0.25, 0.3) is 0 Å². The molecule has 1 aromatic heterocycles. The van der Waals surface area contributed by atoms with Crippen molar-refractivity contribution >= 4 is 23.4 Å². The molecule has 144 valence electrons. The summed E-state index contributed by atoms with van der Waals surface area (Å²) < 4.78 is 12.8. The van der Waals surface area contributed by atoms with Crippen LogP contribution in [0.5, 0.6) is 5.75 Å². The van der Waals surface area contributed by atoms with E-state index in [9.17, 15) is 14.7 Å². The largest absolute Gasteiger partial charge is 0.507 e. The second kappa shape index (κ2) is 8.15. The molecular weight excluding hydrogens is 370 g/mol. The minimum Gasteiger partial charge on any atom is -0.507 e. The smallest absolute Gasteiger partial charge is 0.342 e. The van der Waals surface area contributed by atoms with E-state index in [1.54, 1.807) is 6.07 Å². The van der Waals surface area contributed by atoms with Gasteiger partial charge in [-0.3, -0.25) is 4.79 Å². The van der Waals surface area contributed by atoms with Crippen molar-refractivity contribution in [2.75, 3.05) is 13.2 Å². The number of Topliss-reactive ketones (excluding diaryl/α,β-unsaturated/α-hetero) is 1. The number of phenolic OH excluding ortho intramolecular Hbond substituents is 1. The summed E-state index contributed by atoms with van der Waals surface area (Å²) in [5, 5.41) is 10.1. The van der Waals surface area contributed by atoms with Gasteiger partial charge >= 0.3 is 5.97 Å².